The van der Waals surface area contributed by atoms with E-state index in [1.807, 2.05) is 13.2 Å². The average Bonchev–Trinajstić information content (AvgIpc) is 2.77. The van der Waals surface area contributed by atoms with E-state index in [0.717, 1.165) is 10.6 Å². The molecule has 0 amide bonds. The van der Waals surface area contributed by atoms with Gasteiger partial charge in [0.1, 0.15) is 0 Å². The van der Waals surface area contributed by atoms with Crippen molar-refractivity contribution in [2.45, 2.75) is 23.7 Å². The molecule has 0 saturated carbocycles. The van der Waals surface area contributed by atoms with Gasteiger partial charge in [0.2, 0.25) is 10.0 Å². The Morgan fingerprint density at radius 2 is 2.24 bits per heavy atom. The summed E-state index contributed by atoms with van der Waals surface area (Å²) in [6.07, 6.45) is 1.97. The minimum Gasteiger partial charge on any atom is -0.207 e. The Morgan fingerprint density at radius 1 is 1.59 bits per heavy atom. The number of nitrogens with zero attached hydrogens (tertiary/aromatic N) is 1. The van der Waals surface area contributed by atoms with Crippen molar-refractivity contribution in [2.24, 2.45) is 0 Å². The lowest BCUT2D eigenvalue weighted by molar-refractivity contribution is 0.415. The van der Waals surface area contributed by atoms with Gasteiger partial charge in [-0.15, -0.1) is 22.9 Å². The largest absolute Gasteiger partial charge is 0.243 e. The van der Waals surface area contributed by atoms with Crippen LogP contribution in [0, 0.1) is 0 Å². The van der Waals surface area contributed by atoms with Crippen LogP contribution < -0.4 is 0 Å². The molecule has 3 nitrogen and oxygen atoms in total. The van der Waals surface area contributed by atoms with Crippen LogP contribution in [0.5, 0.6) is 0 Å². The van der Waals surface area contributed by atoms with E-state index in [1.165, 1.54) is 15.6 Å². The van der Waals surface area contributed by atoms with Crippen LogP contribution in [0.4, 0.5) is 0 Å². The molecule has 17 heavy (non-hydrogen) atoms. The zero-order chi connectivity index (χ0) is 13.1. The number of hydrogen-bond donors (Lipinski definition) is 0. The Bertz CT molecular complexity index is 458. The lowest BCUT2D eigenvalue weighted by Gasteiger charge is -2.23. The van der Waals surface area contributed by atoms with E-state index in [2.05, 4.69) is 0 Å². The first-order valence-electron chi connectivity index (χ1n) is 5.03. The van der Waals surface area contributed by atoms with Gasteiger partial charge >= 0.3 is 0 Å². The van der Waals surface area contributed by atoms with Crippen LogP contribution in [0.15, 0.2) is 16.3 Å². The lowest BCUT2D eigenvalue weighted by Crippen LogP contribution is -2.36. The molecule has 1 aromatic heterocycles. The number of rotatable bonds is 6. The summed E-state index contributed by atoms with van der Waals surface area (Å²) < 4.78 is 25.9. The Morgan fingerprint density at radius 3 is 2.71 bits per heavy atom. The second-order valence-electron chi connectivity index (χ2n) is 3.71. The molecule has 98 valence electrons. The van der Waals surface area contributed by atoms with Gasteiger partial charge in [-0.05, 0) is 19.2 Å². The fourth-order valence-electron chi connectivity index (χ4n) is 1.32. The average molecular weight is 314 g/mol. The van der Waals surface area contributed by atoms with E-state index in [9.17, 15) is 8.42 Å². The van der Waals surface area contributed by atoms with E-state index in [1.54, 1.807) is 30.3 Å². The summed E-state index contributed by atoms with van der Waals surface area (Å²) >= 11 is 8.69. The minimum atomic E-state index is -3.38. The molecule has 7 heteroatoms. The molecule has 0 spiro atoms. The number of hydrogen-bond acceptors (Lipinski definition) is 4. The summed E-state index contributed by atoms with van der Waals surface area (Å²) in [7, 11) is -1.76. The molecular formula is C10H16ClNO2S3. The topological polar surface area (TPSA) is 37.4 Å². The smallest absolute Gasteiger partial charge is 0.207 e. The Hall–Kier alpha value is 0.250. The first kappa shape index (κ1) is 15.3. The third-order valence-electron chi connectivity index (χ3n) is 2.47. The maximum Gasteiger partial charge on any atom is 0.243 e. The van der Waals surface area contributed by atoms with Gasteiger partial charge in [-0.3, -0.25) is 0 Å². The van der Waals surface area contributed by atoms with E-state index in [0.29, 0.717) is 10.8 Å². The van der Waals surface area contributed by atoms with Crippen LogP contribution in [-0.2, 0) is 15.9 Å². The van der Waals surface area contributed by atoms with Crippen LogP contribution >= 0.6 is 34.7 Å². The summed E-state index contributed by atoms with van der Waals surface area (Å²) in [5, 5.41) is 1.65. The summed E-state index contributed by atoms with van der Waals surface area (Å²) in [4.78, 5) is 1.21. The molecule has 1 atom stereocenters. The van der Waals surface area contributed by atoms with Gasteiger partial charge in [0.25, 0.3) is 0 Å². The zero-order valence-electron chi connectivity index (χ0n) is 10.0. The predicted octanol–water partition coefficient (Wildman–Crippen LogP) is 2.86. The fourth-order valence-corrected chi connectivity index (χ4v) is 4.85. The molecule has 0 fully saturated rings. The predicted molar refractivity (Wildman–Crippen MR) is 76.7 cm³/mol. The Kier molecular flexibility index (Phi) is 5.79. The molecular weight excluding hydrogens is 298 g/mol. The molecule has 0 N–H and O–H groups in total. The maximum absolute atomic E-state index is 12.3. The highest BCUT2D eigenvalue weighted by Gasteiger charge is 2.25. The van der Waals surface area contributed by atoms with Crippen molar-refractivity contribution < 1.29 is 8.42 Å². The summed E-state index contributed by atoms with van der Waals surface area (Å²) in [6, 6.07) is 1.63. The number of halogens is 1. The summed E-state index contributed by atoms with van der Waals surface area (Å²) in [5.74, 6) is 1.13. The molecule has 0 radical (unpaired) electrons. The van der Waals surface area contributed by atoms with Crippen molar-refractivity contribution in [1.29, 1.82) is 0 Å². The first-order chi connectivity index (χ1) is 7.93. The third-order valence-corrected chi connectivity index (χ3v) is 6.76. The van der Waals surface area contributed by atoms with Crippen molar-refractivity contribution in [3.05, 3.63) is 16.3 Å². The van der Waals surface area contributed by atoms with Crippen molar-refractivity contribution in [3.8, 4) is 0 Å². The Balaban J connectivity index is 2.94. The number of thiophene rings is 1. The van der Waals surface area contributed by atoms with Gasteiger partial charge in [-0.2, -0.15) is 16.1 Å². The van der Waals surface area contributed by atoms with E-state index in [4.69, 9.17) is 11.6 Å². The van der Waals surface area contributed by atoms with Gasteiger partial charge in [0.15, 0.2) is 0 Å². The summed E-state index contributed by atoms with van der Waals surface area (Å²) in [5.41, 5.74) is 0. The number of sulfonamides is 1. The van der Waals surface area contributed by atoms with Crippen LogP contribution in [-0.4, -0.2) is 37.8 Å². The highest BCUT2D eigenvalue weighted by molar-refractivity contribution is 7.98. The second kappa shape index (κ2) is 6.43. The maximum atomic E-state index is 12.3. The van der Waals surface area contributed by atoms with Gasteiger partial charge in [-0.25, -0.2) is 8.42 Å². The molecule has 0 saturated heterocycles. The van der Waals surface area contributed by atoms with Gasteiger partial charge in [-0.1, -0.05) is 0 Å². The highest BCUT2D eigenvalue weighted by atomic mass is 35.5. The SMILES string of the molecule is CSCC(C)N(C)S(=O)(=O)c1csc(CCl)c1. The molecule has 0 aliphatic carbocycles. The standard InChI is InChI=1S/C10H16ClNO2S3/c1-8(6-15-3)12(2)17(13,14)10-4-9(5-11)16-7-10/h4,7-8H,5-6H2,1-3H3. The van der Waals surface area contributed by atoms with Gasteiger partial charge in [0, 0.05) is 29.1 Å². The van der Waals surface area contributed by atoms with E-state index >= 15 is 0 Å². The molecule has 1 heterocycles. The van der Waals surface area contributed by atoms with E-state index < -0.39 is 10.0 Å². The number of thioether (sulfide) groups is 1. The van der Waals surface area contributed by atoms with Crippen molar-refractivity contribution in [3.63, 3.8) is 0 Å². The quantitative estimate of drug-likeness (QED) is 0.758. The van der Waals surface area contributed by atoms with Crippen LogP contribution in [0.3, 0.4) is 0 Å². The molecule has 0 aliphatic rings. The van der Waals surface area contributed by atoms with E-state index in [-0.39, 0.29) is 6.04 Å². The lowest BCUT2D eigenvalue weighted by atomic mass is 10.4. The molecule has 0 bridgehead atoms. The zero-order valence-corrected chi connectivity index (χ0v) is 13.2. The molecule has 1 rings (SSSR count). The first-order valence-corrected chi connectivity index (χ1v) is 9.28. The fraction of sp³-hybridized carbons (Fsp3) is 0.600. The monoisotopic (exact) mass is 313 g/mol. The van der Waals surface area contributed by atoms with Gasteiger partial charge < -0.3 is 0 Å². The van der Waals surface area contributed by atoms with Crippen LogP contribution in [0.1, 0.15) is 11.8 Å². The van der Waals surface area contributed by atoms with Crippen molar-refractivity contribution >= 4 is 44.7 Å². The molecule has 0 aromatic carbocycles. The van der Waals surface area contributed by atoms with Crippen LogP contribution in [0.2, 0.25) is 0 Å². The Labute approximate surface area is 116 Å². The third kappa shape index (κ3) is 3.61. The van der Waals surface area contributed by atoms with Crippen molar-refractivity contribution in [1.82, 2.24) is 4.31 Å². The molecule has 1 aromatic rings. The van der Waals surface area contributed by atoms with Crippen LogP contribution in [0.25, 0.3) is 0 Å². The van der Waals surface area contributed by atoms with Gasteiger partial charge in [0.05, 0.1) is 10.8 Å². The van der Waals surface area contributed by atoms with Crippen molar-refractivity contribution in [2.75, 3.05) is 19.1 Å². The summed E-state index contributed by atoms with van der Waals surface area (Å²) in [6.45, 7) is 1.91. The second-order valence-corrected chi connectivity index (χ2v) is 7.88. The molecule has 0 aliphatic heterocycles. The number of alkyl halides is 1. The molecule has 1 unspecified atom stereocenters. The highest BCUT2D eigenvalue weighted by Crippen LogP contribution is 2.24. The minimum absolute atomic E-state index is 0.0191. The normalized spacial score (nSPS) is 14.2.